The highest BCUT2D eigenvalue weighted by Gasteiger charge is 2.10. The summed E-state index contributed by atoms with van der Waals surface area (Å²) >= 11 is 6.28. The van der Waals surface area contributed by atoms with E-state index < -0.39 is 0 Å². The highest BCUT2D eigenvalue weighted by Crippen LogP contribution is 2.29. The van der Waals surface area contributed by atoms with Crippen LogP contribution >= 0.6 is 11.6 Å². The largest absolute Gasteiger partial charge is 0.338 e. The van der Waals surface area contributed by atoms with Crippen LogP contribution < -0.4 is 10.6 Å². The second-order valence-corrected chi connectivity index (χ2v) is 6.08. The van der Waals surface area contributed by atoms with Crippen molar-refractivity contribution in [2.24, 2.45) is 0 Å². The molecule has 0 radical (unpaired) electrons. The fraction of sp³-hybridized carbons (Fsp3) is 0.105. The summed E-state index contributed by atoms with van der Waals surface area (Å²) in [5.74, 6) is 0.208. The summed E-state index contributed by atoms with van der Waals surface area (Å²) in [4.78, 5) is 20.6. The van der Waals surface area contributed by atoms with Crippen molar-refractivity contribution in [3.8, 4) is 0 Å². The number of aromatic nitrogens is 2. The van der Waals surface area contributed by atoms with Crippen LogP contribution in [0.5, 0.6) is 0 Å². The number of nitrogens with one attached hydrogen (secondary N) is 2. The Hall–Kier alpha value is -2.92. The molecule has 3 rings (SSSR count). The molecule has 5 nitrogen and oxygen atoms in total. The number of aryl methyl sites for hydroxylation is 2. The second kappa shape index (κ2) is 7.32. The maximum absolute atomic E-state index is 12.2. The first-order valence-electron chi connectivity index (χ1n) is 7.75. The number of carbonyl (C=O) groups is 1. The van der Waals surface area contributed by atoms with Crippen LogP contribution in [0.4, 0.5) is 17.2 Å². The molecule has 0 aliphatic heterocycles. The van der Waals surface area contributed by atoms with Crippen LogP contribution in [0.15, 0.2) is 54.9 Å². The van der Waals surface area contributed by atoms with Crippen molar-refractivity contribution in [1.29, 1.82) is 0 Å². The maximum atomic E-state index is 12.2. The maximum Gasteiger partial charge on any atom is 0.275 e. The van der Waals surface area contributed by atoms with Gasteiger partial charge < -0.3 is 10.6 Å². The Bertz CT molecular complexity index is 872. The quantitative estimate of drug-likeness (QED) is 0.711. The van der Waals surface area contributed by atoms with Gasteiger partial charge in [-0.05, 0) is 43.2 Å². The number of amides is 1. The summed E-state index contributed by atoms with van der Waals surface area (Å²) in [5.41, 5.74) is 3.83. The molecule has 6 heteroatoms. The lowest BCUT2D eigenvalue weighted by Gasteiger charge is -2.12. The van der Waals surface area contributed by atoms with E-state index in [-0.39, 0.29) is 11.6 Å². The predicted molar refractivity (Wildman–Crippen MR) is 101 cm³/mol. The molecule has 1 amide bonds. The van der Waals surface area contributed by atoms with Crippen molar-refractivity contribution in [2.45, 2.75) is 13.8 Å². The van der Waals surface area contributed by atoms with Crippen molar-refractivity contribution in [3.05, 3.63) is 76.7 Å². The SMILES string of the molecule is Cc1cc(C)c(Nc2cnc(C(=O)Nc3ccccc3)cn2)c(Cl)c1. The number of anilines is 3. The third-order valence-electron chi connectivity index (χ3n) is 3.60. The van der Waals surface area contributed by atoms with E-state index in [9.17, 15) is 4.79 Å². The topological polar surface area (TPSA) is 66.9 Å². The van der Waals surface area contributed by atoms with Crippen molar-refractivity contribution < 1.29 is 4.79 Å². The summed E-state index contributed by atoms with van der Waals surface area (Å²) in [6.45, 7) is 3.96. The molecule has 0 bridgehead atoms. The third-order valence-corrected chi connectivity index (χ3v) is 3.90. The number of benzene rings is 2. The van der Waals surface area contributed by atoms with Crippen LogP contribution in [0.2, 0.25) is 5.02 Å². The van der Waals surface area contributed by atoms with Gasteiger partial charge in [0.15, 0.2) is 0 Å². The van der Waals surface area contributed by atoms with Gasteiger partial charge in [0.25, 0.3) is 5.91 Å². The Kier molecular flexibility index (Phi) is 4.95. The first-order chi connectivity index (χ1) is 12.0. The van der Waals surface area contributed by atoms with Gasteiger partial charge in [0.1, 0.15) is 11.5 Å². The normalized spacial score (nSPS) is 10.4. The van der Waals surface area contributed by atoms with Gasteiger partial charge >= 0.3 is 0 Å². The molecular formula is C19H17ClN4O. The Labute approximate surface area is 151 Å². The van der Waals surface area contributed by atoms with E-state index in [1.165, 1.54) is 12.4 Å². The molecule has 2 N–H and O–H groups in total. The number of carbonyl (C=O) groups excluding carboxylic acids is 1. The van der Waals surface area contributed by atoms with Crippen molar-refractivity contribution in [1.82, 2.24) is 9.97 Å². The molecule has 2 aromatic carbocycles. The Morgan fingerprint density at radius 3 is 2.44 bits per heavy atom. The Balaban J connectivity index is 1.73. The lowest BCUT2D eigenvalue weighted by atomic mass is 10.1. The molecule has 0 aliphatic rings. The van der Waals surface area contributed by atoms with Gasteiger partial charge in [0.05, 0.1) is 23.1 Å². The molecule has 0 spiro atoms. The zero-order valence-electron chi connectivity index (χ0n) is 13.9. The van der Waals surface area contributed by atoms with Crippen LogP contribution in [-0.4, -0.2) is 15.9 Å². The summed E-state index contributed by atoms with van der Waals surface area (Å²) in [6.07, 6.45) is 2.94. The van der Waals surface area contributed by atoms with Crippen molar-refractivity contribution in [3.63, 3.8) is 0 Å². The Morgan fingerprint density at radius 2 is 1.80 bits per heavy atom. The highest BCUT2D eigenvalue weighted by atomic mass is 35.5. The fourth-order valence-electron chi connectivity index (χ4n) is 2.43. The van der Waals surface area contributed by atoms with E-state index in [4.69, 9.17) is 11.6 Å². The number of nitrogens with zero attached hydrogens (tertiary/aromatic N) is 2. The average molecular weight is 353 g/mol. The van der Waals surface area contributed by atoms with Gasteiger partial charge in [-0.15, -0.1) is 0 Å². The molecular weight excluding hydrogens is 336 g/mol. The molecule has 1 aromatic heterocycles. The number of halogens is 1. The second-order valence-electron chi connectivity index (χ2n) is 5.67. The minimum Gasteiger partial charge on any atom is -0.338 e. The van der Waals surface area contributed by atoms with Crippen LogP contribution in [0.3, 0.4) is 0 Å². The molecule has 25 heavy (non-hydrogen) atoms. The minimum atomic E-state index is -0.310. The predicted octanol–water partition coefficient (Wildman–Crippen LogP) is 4.74. The van der Waals surface area contributed by atoms with Crippen molar-refractivity contribution in [2.75, 3.05) is 10.6 Å². The molecule has 0 fully saturated rings. The molecule has 0 saturated heterocycles. The van der Waals surface area contributed by atoms with E-state index >= 15 is 0 Å². The molecule has 126 valence electrons. The molecule has 0 aliphatic carbocycles. The first kappa shape index (κ1) is 16.9. The molecule has 3 aromatic rings. The first-order valence-corrected chi connectivity index (χ1v) is 8.13. The fourth-order valence-corrected chi connectivity index (χ4v) is 2.80. The van der Waals surface area contributed by atoms with E-state index in [0.717, 1.165) is 16.8 Å². The van der Waals surface area contributed by atoms with Gasteiger partial charge in [0, 0.05) is 5.69 Å². The van der Waals surface area contributed by atoms with Gasteiger partial charge in [-0.25, -0.2) is 9.97 Å². The van der Waals surface area contributed by atoms with E-state index in [0.29, 0.717) is 16.5 Å². The van der Waals surface area contributed by atoms with Crippen LogP contribution in [0.25, 0.3) is 0 Å². The zero-order chi connectivity index (χ0) is 17.8. The summed E-state index contributed by atoms with van der Waals surface area (Å²) in [7, 11) is 0. The summed E-state index contributed by atoms with van der Waals surface area (Å²) in [5, 5.41) is 6.53. The lowest BCUT2D eigenvalue weighted by molar-refractivity contribution is 0.102. The molecule has 0 atom stereocenters. The number of hydrogen-bond acceptors (Lipinski definition) is 4. The molecule has 0 saturated carbocycles. The van der Waals surface area contributed by atoms with E-state index in [1.807, 2.05) is 56.3 Å². The van der Waals surface area contributed by atoms with Crippen LogP contribution in [0, 0.1) is 13.8 Å². The average Bonchev–Trinajstić information content (AvgIpc) is 2.59. The third kappa shape index (κ3) is 4.14. The number of para-hydroxylation sites is 1. The van der Waals surface area contributed by atoms with Crippen LogP contribution in [0.1, 0.15) is 21.6 Å². The van der Waals surface area contributed by atoms with Gasteiger partial charge in [-0.2, -0.15) is 0 Å². The van der Waals surface area contributed by atoms with Gasteiger partial charge in [-0.1, -0.05) is 35.9 Å². The minimum absolute atomic E-state index is 0.237. The molecule has 1 heterocycles. The summed E-state index contributed by atoms with van der Waals surface area (Å²) < 4.78 is 0. The number of rotatable bonds is 4. The Morgan fingerprint density at radius 1 is 1.04 bits per heavy atom. The standard InChI is InChI=1S/C19H17ClN4O/c1-12-8-13(2)18(15(20)9-12)24-17-11-21-16(10-22-17)19(25)23-14-6-4-3-5-7-14/h3-11H,1-2H3,(H,22,24)(H,23,25). The zero-order valence-corrected chi connectivity index (χ0v) is 14.6. The summed E-state index contributed by atoms with van der Waals surface area (Å²) in [6, 6.07) is 13.1. The highest BCUT2D eigenvalue weighted by molar-refractivity contribution is 6.33. The van der Waals surface area contributed by atoms with Crippen LogP contribution in [-0.2, 0) is 0 Å². The van der Waals surface area contributed by atoms with Gasteiger partial charge in [0.2, 0.25) is 0 Å². The smallest absolute Gasteiger partial charge is 0.275 e. The van der Waals surface area contributed by atoms with Crippen molar-refractivity contribution >= 4 is 34.7 Å². The van der Waals surface area contributed by atoms with Gasteiger partial charge in [-0.3, -0.25) is 4.79 Å². The monoisotopic (exact) mass is 352 g/mol. The van der Waals surface area contributed by atoms with E-state index in [2.05, 4.69) is 20.6 Å². The lowest BCUT2D eigenvalue weighted by Crippen LogP contribution is -2.14. The molecule has 0 unspecified atom stereocenters. The van der Waals surface area contributed by atoms with E-state index in [1.54, 1.807) is 0 Å². The number of hydrogen-bond donors (Lipinski definition) is 2.